The molecule has 0 saturated carbocycles. The summed E-state index contributed by atoms with van der Waals surface area (Å²) < 4.78 is 29.2. The van der Waals surface area contributed by atoms with Gasteiger partial charge in [-0.3, -0.25) is 4.68 Å². The molecule has 0 fully saturated rings. The van der Waals surface area contributed by atoms with Crippen LogP contribution in [-0.4, -0.2) is 29.7 Å². The lowest BCUT2D eigenvalue weighted by atomic mass is 10.3. The van der Waals surface area contributed by atoms with Crippen LogP contribution in [0.5, 0.6) is 0 Å². The van der Waals surface area contributed by atoms with Crippen molar-refractivity contribution in [1.29, 1.82) is 0 Å². The van der Waals surface area contributed by atoms with E-state index in [1.807, 2.05) is 24.3 Å². The first-order valence-corrected chi connectivity index (χ1v) is 8.67. The average Bonchev–Trinajstić information content (AvgIpc) is 3.04. The molecular weight excluding hydrogens is 308 g/mol. The lowest BCUT2D eigenvalue weighted by molar-refractivity contribution is 0.581. The molecule has 0 radical (unpaired) electrons. The Balaban J connectivity index is 1.65. The van der Waals surface area contributed by atoms with Crippen molar-refractivity contribution < 1.29 is 8.42 Å². The van der Waals surface area contributed by atoms with Gasteiger partial charge < -0.3 is 0 Å². The lowest BCUT2D eigenvalue weighted by Crippen LogP contribution is -2.25. The molecule has 8 heteroatoms. The fraction of sp³-hybridized carbons (Fsp3) is 0.231. The molecule has 3 rings (SSSR count). The van der Waals surface area contributed by atoms with Crippen molar-refractivity contribution in [2.45, 2.75) is 11.3 Å². The molecular formula is C13H14N4O2S2. The zero-order valence-electron chi connectivity index (χ0n) is 11.4. The number of aryl methyl sites for hydroxylation is 1. The molecule has 6 nitrogen and oxygen atoms in total. The van der Waals surface area contributed by atoms with E-state index in [-0.39, 0.29) is 4.90 Å². The Morgan fingerprint density at radius 2 is 2.14 bits per heavy atom. The van der Waals surface area contributed by atoms with Crippen molar-refractivity contribution >= 4 is 31.6 Å². The molecule has 1 aromatic carbocycles. The van der Waals surface area contributed by atoms with E-state index in [0.717, 1.165) is 15.2 Å². The molecule has 0 unspecified atom stereocenters. The topological polar surface area (TPSA) is 76.9 Å². The molecule has 21 heavy (non-hydrogen) atoms. The highest BCUT2D eigenvalue weighted by Crippen LogP contribution is 2.21. The van der Waals surface area contributed by atoms with Crippen LogP contribution in [0.4, 0.5) is 0 Å². The number of fused-ring (bicyclic) bond motifs is 1. The number of benzene rings is 1. The van der Waals surface area contributed by atoms with Crippen LogP contribution in [0.1, 0.15) is 5.01 Å². The third-order valence-electron chi connectivity index (χ3n) is 2.96. The second-order valence-electron chi connectivity index (χ2n) is 4.57. The van der Waals surface area contributed by atoms with Gasteiger partial charge in [-0.05, 0) is 12.1 Å². The van der Waals surface area contributed by atoms with E-state index in [4.69, 9.17) is 0 Å². The first-order chi connectivity index (χ1) is 10.0. The zero-order chi connectivity index (χ0) is 14.9. The number of nitrogens with one attached hydrogen (secondary N) is 1. The Morgan fingerprint density at radius 1 is 1.33 bits per heavy atom. The van der Waals surface area contributed by atoms with E-state index in [2.05, 4.69) is 14.8 Å². The van der Waals surface area contributed by atoms with Gasteiger partial charge >= 0.3 is 0 Å². The van der Waals surface area contributed by atoms with Crippen molar-refractivity contribution in [2.24, 2.45) is 7.05 Å². The minimum atomic E-state index is -3.50. The Kier molecular flexibility index (Phi) is 3.75. The molecule has 0 saturated heterocycles. The quantitative estimate of drug-likeness (QED) is 0.773. The zero-order valence-corrected chi connectivity index (χ0v) is 13.0. The Bertz CT molecular complexity index is 834. The predicted octanol–water partition coefficient (Wildman–Crippen LogP) is 1.55. The van der Waals surface area contributed by atoms with Gasteiger partial charge in [-0.1, -0.05) is 12.1 Å². The average molecular weight is 322 g/mol. The van der Waals surface area contributed by atoms with Crippen molar-refractivity contribution in [3.05, 3.63) is 41.7 Å². The maximum absolute atomic E-state index is 12.0. The molecule has 3 aromatic rings. The van der Waals surface area contributed by atoms with Crippen molar-refractivity contribution in [2.75, 3.05) is 6.54 Å². The van der Waals surface area contributed by atoms with E-state index in [1.54, 1.807) is 18.4 Å². The third-order valence-corrected chi connectivity index (χ3v) is 5.47. The number of aromatic nitrogens is 3. The SMILES string of the molecule is Cn1cc(S(=O)(=O)NCCc2nc3ccccc3s2)cn1. The summed E-state index contributed by atoms with van der Waals surface area (Å²) >= 11 is 1.59. The molecule has 0 aliphatic heterocycles. The monoisotopic (exact) mass is 322 g/mol. The summed E-state index contributed by atoms with van der Waals surface area (Å²) in [6.07, 6.45) is 3.37. The highest BCUT2D eigenvalue weighted by molar-refractivity contribution is 7.89. The summed E-state index contributed by atoms with van der Waals surface area (Å²) in [5.41, 5.74) is 0.951. The van der Waals surface area contributed by atoms with Crippen LogP contribution in [0, 0.1) is 0 Å². The van der Waals surface area contributed by atoms with Crippen molar-refractivity contribution in [1.82, 2.24) is 19.5 Å². The minimum absolute atomic E-state index is 0.175. The molecule has 2 aromatic heterocycles. The molecule has 1 N–H and O–H groups in total. The summed E-state index contributed by atoms with van der Waals surface area (Å²) in [5, 5.41) is 4.79. The lowest BCUT2D eigenvalue weighted by Gasteiger charge is -2.02. The summed E-state index contributed by atoms with van der Waals surface area (Å²) in [4.78, 5) is 4.65. The fourth-order valence-corrected chi connectivity index (χ4v) is 3.92. The second-order valence-corrected chi connectivity index (χ2v) is 7.45. The standard InChI is InChI=1S/C13H14N4O2S2/c1-17-9-10(8-14-17)21(18,19)15-7-6-13-16-11-4-2-3-5-12(11)20-13/h2-5,8-9,15H,6-7H2,1H3. The van der Waals surface area contributed by atoms with Crippen LogP contribution in [0.2, 0.25) is 0 Å². The van der Waals surface area contributed by atoms with Gasteiger partial charge in [-0.25, -0.2) is 18.1 Å². The molecule has 0 spiro atoms. The number of rotatable bonds is 5. The van der Waals surface area contributed by atoms with Gasteiger partial charge in [0.2, 0.25) is 10.0 Å². The predicted molar refractivity (Wildman–Crippen MR) is 81.7 cm³/mol. The van der Waals surface area contributed by atoms with Gasteiger partial charge in [-0.2, -0.15) is 5.10 Å². The molecule has 0 aliphatic carbocycles. The molecule has 0 atom stereocenters. The van der Waals surface area contributed by atoms with Gasteiger partial charge in [0.05, 0.1) is 21.4 Å². The highest BCUT2D eigenvalue weighted by atomic mass is 32.2. The second kappa shape index (κ2) is 5.55. The molecule has 2 heterocycles. The van der Waals surface area contributed by atoms with Crippen LogP contribution in [0.3, 0.4) is 0 Å². The minimum Gasteiger partial charge on any atom is -0.274 e. The van der Waals surface area contributed by atoms with E-state index in [9.17, 15) is 8.42 Å². The smallest absolute Gasteiger partial charge is 0.243 e. The largest absolute Gasteiger partial charge is 0.274 e. The van der Waals surface area contributed by atoms with Gasteiger partial charge in [0.15, 0.2) is 0 Å². The number of hydrogen-bond donors (Lipinski definition) is 1. The van der Waals surface area contributed by atoms with Crippen LogP contribution < -0.4 is 4.72 Å². The summed E-state index contributed by atoms with van der Waals surface area (Å²) in [6, 6.07) is 7.87. The molecule has 110 valence electrons. The number of thiazole rings is 1. The van der Waals surface area contributed by atoms with Crippen molar-refractivity contribution in [3.8, 4) is 0 Å². The van der Waals surface area contributed by atoms with Gasteiger partial charge in [0.25, 0.3) is 0 Å². The first kappa shape index (κ1) is 14.2. The molecule has 0 aliphatic rings. The number of para-hydroxylation sites is 1. The van der Waals surface area contributed by atoms with Crippen LogP contribution in [-0.2, 0) is 23.5 Å². The van der Waals surface area contributed by atoms with E-state index in [1.165, 1.54) is 17.1 Å². The first-order valence-electron chi connectivity index (χ1n) is 6.37. The summed E-state index contributed by atoms with van der Waals surface area (Å²) in [5.74, 6) is 0. The van der Waals surface area contributed by atoms with E-state index < -0.39 is 10.0 Å². The van der Waals surface area contributed by atoms with E-state index >= 15 is 0 Å². The van der Waals surface area contributed by atoms with Gasteiger partial charge in [-0.15, -0.1) is 11.3 Å². The van der Waals surface area contributed by atoms with Crippen LogP contribution >= 0.6 is 11.3 Å². The molecule has 0 bridgehead atoms. The Morgan fingerprint density at radius 3 is 2.86 bits per heavy atom. The van der Waals surface area contributed by atoms with Crippen LogP contribution in [0.15, 0.2) is 41.6 Å². The van der Waals surface area contributed by atoms with Gasteiger partial charge in [0.1, 0.15) is 4.90 Å². The fourth-order valence-electron chi connectivity index (χ4n) is 1.94. The van der Waals surface area contributed by atoms with Crippen LogP contribution in [0.25, 0.3) is 10.2 Å². The Hall–Kier alpha value is -1.77. The number of hydrogen-bond acceptors (Lipinski definition) is 5. The number of nitrogens with zero attached hydrogens (tertiary/aromatic N) is 3. The van der Waals surface area contributed by atoms with Gasteiger partial charge in [0, 0.05) is 26.2 Å². The summed E-state index contributed by atoms with van der Waals surface area (Å²) in [7, 11) is -1.82. The summed E-state index contributed by atoms with van der Waals surface area (Å²) in [6.45, 7) is 0.317. The highest BCUT2D eigenvalue weighted by Gasteiger charge is 2.15. The molecule has 0 amide bonds. The van der Waals surface area contributed by atoms with Crippen molar-refractivity contribution in [3.63, 3.8) is 0 Å². The normalized spacial score (nSPS) is 12.0. The van der Waals surface area contributed by atoms with E-state index in [0.29, 0.717) is 13.0 Å². The Labute approximate surface area is 126 Å². The maximum atomic E-state index is 12.0. The number of sulfonamides is 1. The maximum Gasteiger partial charge on any atom is 0.243 e. The third kappa shape index (κ3) is 3.12.